The molecule has 1 saturated carbocycles. The lowest BCUT2D eigenvalue weighted by atomic mass is 9.86. The van der Waals surface area contributed by atoms with Gasteiger partial charge < -0.3 is 9.47 Å². The highest BCUT2D eigenvalue weighted by atomic mass is 35.5. The number of rotatable bonds is 6. The number of carbonyl (C=O) groups is 1. The van der Waals surface area contributed by atoms with Crippen molar-refractivity contribution in [3.63, 3.8) is 0 Å². The van der Waals surface area contributed by atoms with Crippen LogP contribution in [-0.4, -0.2) is 22.0 Å². The standard InChI is InChI=1S/C27H34ClN3O3/c1-17-23(28)24(31(6)30-17)25(33-18(2)34-26(32)20-10-8-7-9-11-20)22(16-29)19-12-14-21(15-13-19)27(3,4)5/h12-15,18,20H,7-11H2,1-6H3/b25-22-. The fourth-order valence-electron chi connectivity index (χ4n) is 4.28. The van der Waals surface area contributed by atoms with Crippen LogP contribution in [0.4, 0.5) is 0 Å². The van der Waals surface area contributed by atoms with Gasteiger partial charge in [0.1, 0.15) is 17.3 Å². The number of benzene rings is 1. The van der Waals surface area contributed by atoms with E-state index in [1.807, 2.05) is 24.3 Å². The van der Waals surface area contributed by atoms with Gasteiger partial charge in [-0.2, -0.15) is 10.4 Å². The van der Waals surface area contributed by atoms with Crippen molar-refractivity contribution in [2.45, 2.75) is 78.4 Å². The average molecular weight is 484 g/mol. The number of hydrogen-bond acceptors (Lipinski definition) is 5. The third-order valence-electron chi connectivity index (χ3n) is 6.25. The smallest absolute Gasteiger partial charge is 0.311 e. The summed E-state index contributed by atoms with van der Waals surface area (Å²) in [6, 6.07) is 10.1. The molecule has 1 aliphatic rings. The normalized spacial score (nSPS) is 16.4. The van der Waals surface area contributed by atoms with Crippen LogP contribution in [0.15, 0.2) is 24.3 Å². The fraction of sp³-hybridized carbons (Fsp3) is 0.519. The molecule has 2 aromatic rings. The Balaban J connectivity index is 2.00. The molecule has 3 rings (SSSR count). The molecule has 34 heavy (non-hydrogen) atoms. The largest absolute Gasteiger partial charge is 0.451 e. The highest BCUT2D eigenvalue weighted by Crippen LogP contribution is 2.35. The van der Waals surface area contributed by atoms with Crippen molar-refractivity contribution in [1.29, 1.82) is 5.26 Å². The number of aromatic nitrogens is 2. The quantitative estimate of drug-likeness (QED) is 0.201. The lowest BCUT2D eigenvalue weighted by molar-refractivity contribution is -0.170. The summed E-state index contributed by atoms with van der Waals surface area (Å²) < 4.78 is 13.4. The van der Waals surface area contributed by atoms with Crippen LogP contribution in [0, 0.1) is 24.2 Å². The molecule has 1 heterocycles. The van der Waals surface area contributed by atoms with Gasteiger partial charge in [-0.3, -0.25) is 9.48 Å². The Morgan fingerprint density at radius 1 is 1.18 bits per heavy atom. The van der Waals surface area contributed by atoms with E-state index in [1.165, 1.54) is 0 Å². The molecule has 1 unspecified atom stereocenters. The molecule has 0 N–H and O–H groups in total. The Morgan fingerprint density at radius 2 is 1.79 bits per heavy atom. The van der Waals surface area contributed by atoms with Crippen molar-refractivity contribution in [2.75, 3.05) is 0 Å². The van der Waals surface area contributed by atoms with Gasteiger partial charge >= 0.3 is 5.97 Å². The van der Waals surface area contributed by atoms with E-state index in [4.69, 9.17) is 21.1 Å². The zero-order chi connectivity index (χ0) is 25.0. The minimum Gasteiger partial charge on any atom is -0.451 e. The van der Waals surface area contributed by atoms with Gasteiger partial charge in [0.2, 0.25) is 6.29 Å². The average Bonchev–Trinajstić information content (AvgIpc) is 3.05. The number of hydrogen-bond donors (Lipinski definition) is 0. The Bertz CT molecular complexity index is 1100. The first-order chi connectivity index (χ1) is 16.0. The van der Waals surface area contributed by atoms with Crippen LogP contribution < -0.4 is 0 Å². The van der Waals surface area contributed by atoms with E-state index in [0.717, 1.165) is 37.7 Å². The molecule has 7 heteroatoms. The van der Waals surface area contributed by atoms with Gasteiger partial charge in [0.25, 0.3) is 0 Å². The molecule has 1 aliphatic carbocycles. The molecule has 0 spiro atoms. The molecule has 0 radical (unpaired) electrons. The Kier molecular flexibility index (Phi) is 8.09. The van der Waals surface area contributed by atoms with Crippen molar-refractivity contribution in [3.05, 3.63) is 51.8 Å². The zero-order valence-corrected chi connectivity index (χ0v) is 21.7. The molecule has 1 fully saturated rings. The molecule has 0 amide bonds. The minimum absolute atomic E-state index is 0.0152. The van der Waals surface area contributed by atoms with Crippen LogP contribution in [0.25, 0.3) is 11.3 Å². The van der Waals surface area contributed by atoms with Crippen molar-refractivity contribution in [3.8, 4) is 6.07 Å². The summed E-state index contributed by atoms with van der Waals surface area (Å²) in [4.78, 5) is 12.7. The van der Waals surface area contributed by atoms with Crippen molar-refractivity contribution in [1.82, 2.24) is 9.78 Å². The van der Waals surface area contributed by atoms with E-state index >= 15 is 0 Å². The predicted octanol–water partition coefficient (Wildman–Crippen LogP) is 6.56. The van der Waals surface area contributed by atoms with Gasteiger partial charge in [0.05, 0.1) is 16.6 Å². The van der Waals surface area contributed by atoms with Crippen molar-refractivity contribution >= 4 is 28.9 Å². The monoisotopic (exact) mass is 483 g/mol. The van der Waals surface area contributed by atoms with E-state index < -0.39 is 6.29 Å². The molecule has 0 bridgehead atoms. The van der Waals surface area contributed by atoms with Crippen LogP contribution in [-0.2, 0) is 26.7 Å². The van der Waals surface area contributed by atoms with Gasteiger partial charge in [-0.1, -0.05) is 75.9 Å². The van der Waals surface area contributed by atoms with Crippen LogP contribution in [0.5, 0.6) is 0 Å². The van der Waals surface area contributed by atoms with Gasteiger partial charge in [0.15, 0.2) is 5.76 Å². The Labute approximate surface area is 207 Å². The maximum absolute atomic E-state index is 12.7. The molecular weight excluding hydrogens is 450 g/mol. The van der Waals surface area contributed by atoms with E-state index in [-0.39, 0.29) is 23.1 Å². The highest BCUT2D eigenvalue weighted by Gasteiger charge is 2.28. The van der Waals surface area contributed by atoms with Crippen LogP contribution in [0.2, 0.25) is 5.02 Å². The maximum atomic E-state index is 12.7. The number of halogens is 1. The van der Waals surface area contributed by atoms with E-state index in [0.29, 0.717) is 27.5 Å². The number of nitrogens with zero attached hydrogens (tertiary/aromatic N) is 3. The highest BCUT2D eigenvalue weighted by molar-refractivity contribution is 6.33. The predicted molar refractivity (Wildman–Crippen MR) is 134 cm³/mol. The lowest BCUT2D eigenvalue weighted by Gasteiger charge is -2.24. The molecule has 1 aromatic carbocycles. The summed E-state index contributed by atoms with van der Waals surface area (Å²) in [5.41, 5.74) is 3.21. The molecule has 1 atom stereocenters. The first kappa shape index (κ1) is 25.8. The number of carbonyl (C=O) groups excluding carboxylic acids is 1. The molecule has 1 aromatic heterocycles. The summed E-state index contributed by atoms with van der Waals surface area (Å²) in [7, 11) is 1.74. The second-order valence-corrected chi connectivity index (χ2v) is 10.4. The van der Waals surface area contributed by atoms with Gasteiger partial charge in [-0.05, 0) is 36.3 Å². The molecular formula is C27H34ClN3O3. The first-order valence-electron chi connectivity index (χ1n) is 11.8. The van der Waals surface area contributed by atoms with Crippen molar-refractivity contribution in [2.24, 2.45) is 13.0 Å². The van der Waals surface area contributed by atoms with Gasteiger partial charge in [-0.25, -0.2) is 0 Å². The molecule has 182 valence electrons. The van der Waals surface area contributed by atoms with Crippen LogP contribution >= 0.6 is 11.6 Å². The zero-order valence-electron chi connectivity index (χ0n) is 20.9. The maximum Gasteiger partial charge on any atom is 0.311 e. The summed E-state index contributed by atoms with van der Waals surface area (Å²) in [6.45, 7) is 9.87. The first-order valence-corrected chi connectivity index (χ1v) is 12.2. The number of ether oxygens (including phenoxy) is 2. The second-order valence-electron chi connectivity index (χ2n) is 9.97. The van der Waals surface area contributed by atoms with Crippen molar-refractivity contribution < 1.29 is 14.3 Å². The third kappa shape index (κ3) is 5.82. The SMILES string of the molecule is Cc1nn(C)c(/C(OC(C)OC(=O)C2CCCCC2)=C(\C#N)c2ccc(C(C)(C)C)cc2)c1Cl. The molecule has 6 nitrogen and oxygen atoms in total. The van der Waals surface area contributed by atoms with Crippen LogP contribution in [0.3, 0.4) is 0 Å². The second kappa shape index (κ2) is 10.7. The summed E-state index contributed by atoms with van der Waals surface area (Å²) >= 11 is 6.58. The van der Waals surface area contributed by atoms with Gasteiger partial charge in [-0.15, -0.1) is 0 Å². The third-order valence-corrected chi connectivity index (χ3v) is 6.70. The fourth-order valence-corrected chi connectivity index (χ4v) is 4.53. The number of allylic oxidation sites excluding steroid dienone is 1. The van der Waals surface area contributed by atoms with E-state index in [1.54, 1.807) is 25.6 Å². The minimum atomic E-state index is -0.895. The van der Waals surface area contributed by atoms with E-state index in [2.05, 4.69) is 31.9 Å². The molecule has 0 aliphatic heterocycles. The van der Waals surface area contributed by atoms with E-state index in [9.17, 15) is 10.1 Å². The number of nitriles is 1. The molecule has 0 saturated heterocycles. The number of aryl methyl sites for hydroxylation is 2. The topological polar surface area (TPSA) is 77.1 Å². The van der Waals surface area contributed by atoms with Gasteiger partial charge in [0, 0.05) is 14.0 Å². The van der Waals surface area contributed by atoms with Crippen LogP contribution in [0.1, 0.15) is 82.3 Å². The summed E-state index contributed by atoms with van der Waals surface area (Å²) in [5.74, 6) is -0.120. The summed E-state index contributed by atoms with van der Waals surface area (Å²) in [5, 5.41) is 14.9. The number of esters is 1. The Morgan fingerprint density at radius 3 is 2.29 bits per heavy atom. The lowest BCUT2D eigenvalue weighted by Crippen LogP contribution is -2.26. The summed E-state index contributed by atoms with van der Waals surface area (Å²) in [6.07, 6.45) is 4.00. The Hall–Kier alpha value is -2.78.